The molecule has 0 radical (unpaired) electrons. The third-order valence-corrected chi connectivity index (χ3v) is 3.80. The number of rotatable bonds is 4. The van der Waals surface area contributed by atoms with E-state index >= 15 is 0 Å². The zero-order valence-corrected chi connectivity index (χ0v) is 15.2. The van der Waals surface area contributed by atoms with E-state index in [4.69, 9.17) is 4.84 Å². The highest BCUT2D eigenvalue weighted by Crippen LogP contribution is 2.36. The Hall–Kier alpha value is -2.36. The first-order chi connectivity index (χ1) is 11.1. The Balaban J connectivity index is 2.63. The lowest BCUT2D eigenvalue weighted by Gasteiger charge is -2.14. The SMILES string of the molecule is Cc1ccc(C(C)C)cc2c(/C=N\OC(C)(C)C)cc(C(=O)O)c1-2. The summed E-state index contributed by atoms with van der Waals surface area (Å²) in [5.74, 6) is -0.587. The summed E-state index contributed by atoms with van der Waals surface area (Å²) >= 11 is 0. The van der Waals surface area contributed by atoms with Crippen LogP contribution in [0.2, 0.25) is 0 Å². The lowest BCUT2D eigenvalue weighted by Crippen LogP contribution is -2.15. The van der Waals surface area contributed by atoms with Gasteiger partial charge >= 0.3 is 5.97 Å². The van der Waals surface area contributed by atoms with Crippen molar-refractivity contribution in [2.75, 3.05) is 0 Å². The fourth-order valence-electron chi connectivity index (χ4n) is 2.57. The van der Waals surface area contributed by atoms with Gasteiger partial charge in [0.25, 0.3) is 0 Å². The van der Waals surface area contributed by atoms with Gasteiger partial charge in [-0.05, 0) is 61.9 Å². The molecule has 0 saturated heterocycles. The predicted molar refractivity (Wildman–Crippen MR) is 97.3 cm³/mol. The van der Waals surface area contributed by atoms with Gasteiger partial charge in [-0.2, -0.15) is 0 Å². The molecule has 2 aliphatic carbocycles. The van der Waals surface area contributed by atoms with Crippen LogP contribution in [0.5, 0.6) is 0 Å². The van der Waals surface area contributed by atoms with Crippen LogP contribution >= 0.6 is 0 Å². The Bertz CT molecular complexity index is 754. The summed E-state index contributed by atoms with van der Waals surface area (Å²) in [4.78, 5) is 17.1. The fourth-order valence-corrected chi connectivity index (χ4v) is 2.57. The molecule has 0 aliphatic heterocycles. The molecule has 0 bridgehead atoms. The van der Waals surface area contributed by atoms with Crippen molar-refractivity contribution in [1.82, 2.24) is 0 Å². The van der Waals surface area contributed by atoms with Gasteiger partial charge in [-0.25, -0.2) is 4.79 Å². The Morgan fingerprint density at radius 1 is 1.25 bits per heavy atom. The Labute approximate surface area is 143 Å². The van der Waals surface area contributed by atoms with Crippen molar-refractivity contribution in [3.05, 3.63) is 46.5 Å². The van der Waals surface area contributed by atoms with Crippen molar-refractivity contribution in [2.45, 2.75) is 53.1 Å². The van der Waals surface area contributed by atoms with Crippen LogP contribution in [0.3, 0.4) is 0 Å². The molecular formula is C20H25NO3. The van der Waals surface area contributed by atoms with Crippen molar-refractivity contribution >= 4 is 12.2 Å². The maximum absolute atomic E-state index is 11.7. The summed E-state index contributed by atoms with van der Waals surface area (Å²) in [6, 6.07) is 7.76. The summed E-state index contributed by atoms with van der Waals surface area (Å²) in [5.41, 5.74) is 4.40. The summed E-state index contributed by atoms with van der Waals surface area (Å²) in [7, 11) is 0. The van der Waals surface area contributed by atoms with E-state index < -0.39 is 11.6 Å². The van der Waals surface area contributed by atoms with E-state index in [1.807, 2.05) is 33.8 Å². The number of hydrogen-bond donors (Lipinski definition) is 1. The minimum Gasteiger partial charge on any atom is -0.478 e. The minimum absolute atomic E-state index is 0.297. The van der Waals surface area contributed by atoms with Crippen molar-refractivity contribution < 1.29 is 14.7 Å². The molecule has 128 valence electrons. The molecule has 24 heavy (non-hydrogen) atoms. The third kappa shape index (κ3) is 3.94. The number of aromatic carboxylic acids is 1. The molecule has 0 heterocycles. The highest BCUT2D eigenvalue weighted by Gasteiger charge is 2.22. The zero-order chi connectivity index (χ0) is 18.1. The average molecular weight is 327 g/mol. The third-order valence-electron chi connectivity index (χ3n) is 3.80. The van der Waals surface area contributed by atoms with E-state index in [2.05, 4.69) is 31.1 Å². The maximum Gasteiger partial charge on any atom is 0.336 e. The van der Waals surface area contributed by atoms with Gasteiger partial charge in [0.2, 0.25) is 0 Å². The van der Waals surface area contributed by atoms with Crippen LogP contribution in [0.25, 0.3) is 11.1 Å². The Kier molecular flexibility index (Phi) is 4.97. The molecular weight excluding hydrogens is 302 g/mol. The fraction of sp³-hybridized carbons (Fsp3) is 0.400. The molecule has 0 aromatic rings. The van der Waals surface area contributed by atoms with Crippen LogP contribution in [0.1, 0.15) is 67.6 Å². The Morgan fingerprint density at radius 2 is 1.92 bits per heavy atom. The van der Waals surface area contributed by atoms with Crippen LogP contribution in [-0.4, -0.2) is 22.9 Å². The predicted octanol–water partition coefficient (Wildman–Crippen LogP) is 5.07. The van der Waals surface area contributed by atoms with E-state index in [1.54, 1.807) is 12.3 Å². The molecule has 4 heteroatoms. The highest BCUT2D eigenvalue weighted by atomic mass is 16.6. The first-order valence-electron chi connectivity index (χ1n) is 8.12. The number of oxime groups is 1. The van der Waals surface area contributed by atoms with Gasteiger partial charge in [0.15, 0.2) is 0 Å². The summed E-state index contributed by atoms with van der Waals surface area (Å²) in [6.45, 7) is 11.9. The monoisotopic (exact) mass is 327 g/mol. The van der Waals surface area contributed by atoms with Gasteiger partial charge in [0, 0.05) is 5.56 Å². The van der Waals surface area contributed by atoms with Crippen molar-refractivity contribution in [3.63, 3.8) is 0 Å². The number of carbonyl (C=O) groups is 1. The van der Waals surface area contributed by atoms with E-state index in [0.29, 0.717) is 11.5 Å². The van der Waals surface area contributed by atoms with Crippen LogP contribution in [0, 0.1) is 6.92 Å². The molecule has 0 atom stereocenters. The van der Waals surface area contributed by atoms with Crippen molar-refractivity contribution in [2.24, 2.45) is 5.16 Å². The number of fused-ring (bicyclic) bond motifs is 1. The summed E-state index contributed by atoms with van der Waals surface area (Å²) in [6.07, 6.45) is 1.60. The number of carboxylic acids is 1. The van der Waals surface area contributed by atoms with E-state index in [1.165, 1.54) is 0 Å². The van der Waals surface area contributed by atoms with Crippen LogP contribution in [0.4, 0.5) is 0 Å². The van der Waals surface area contributed by atoms with E-state index in [9.17, 15) is 9.90 Å². The maximum atomic E-state index is 11.7. The molecule has 0 unspecified atom stereocenters. The molecule has 0 amide bonds. The largest absolute Gasteiger partial charge is 0.478 e. The number of nitrogens with zero attached hydrogens (tertiary/aromatic N) is 1. The van der Waals surface area contributed by atoms with Gasteiger partial charge in [-0.1, -0.05) is 37.2 Å². The van der Waals surface area contributed by atoms with Gasteiger partial charge in [-0.15, -0.1) is 0 Å². The second kappa shape index (κ2) is 6.63. The zero-order valence-electron chi connectivity index (χ0n) is 15.2. The number of hydrogen-bond acceptors (Lipinski definition) is 3. The molecule has 2 rings (SSSR count). The topological polar surface area (TPSA) is 58.9 Å². The molecule has 4 nitrogen and oxygen atoms in total. The van der Waals surface area contributed by atoms with Crippen LogP contribution < -0.4 is 0 Å². The first kappa shape index (κ1) is 18.0. The minimum atomic E-state index is -0.934. The average Bonchev–Trinajstić information content (AvgIpc) is 2.70. The highest BCUT2D eigenvalue weighted by molar-refractivity contribution is 6.05. The second-order valence-electron chi connectivity index (χ2n) is 7.36. The lowest BCUT2D eigenvalue weighted by molar-refractivity contribution is 0.00199. The number of carboxylic acid groups (broad SMARTS) is 1. The van der Waals surface area contributed by atoms with Gasteiger partial charge in [-0.3, -0.25) is 0 Å². The second-order valence-corrected chi connectivity index (χ2v) is 7.36. The summed E-state index contributed by atoms with van der Waals surface area (Å²) < 4.78 is 0. The summed E-state index contributed by atoms with van der Waals surface area (Å²) in [5, 5.41) is 13.6. The molecule has 0 saturated carbocycles. The van der Waals surface area contributed by atoms with Crippen LogP contribution in [0.15, 0.2) is 29.4 Å². The molecule has 0 spiro atoms. The van der Waals surface area contributed by atoms with E-state index in [0.717, 1.165) is 27.8 Å². The molecule has 2 aliphatic rings. The first-order valence-corrected chi connectivity index (χ1v) is 8.12. The Morgan fingerprint density at radius 3 is 2.46 bits per heavy atom. The molecule has 0 aromatic carbocycles. The van der Waals surface area contributed by atoms with E-state index in [-0.39, 0.29) is 0 Å². The van der Waals surface area contributed by atoms with Crippen molar-refractivity contribution in [3.8, 4) is 11.1 Å². The quantitative estimate of drug-likeness (QED) is 0.630. The number of aryl methyl sites for hydroxylation is 1. The normalized spacial score (nSPS) is 12.3. The van der Waals surface area contributed by atoms with Crippen molar-refractivity contribution in [1.29, 1.82) is 0 Å². The lowest BCUT2D eigenvalue weighted by atomic mass is 10.0. The van der Waals surface area contributed by atoms with Crippen LogP contribution in [-0.2, 0) is 4.84 Å². The molecule has 1 N–H and O–H groups in total. The van der Waals surface area contributed by atoms with Gasteiger partial charge < -0.3 is 9.94 Å². The van der Waals surface area contributed by atoms with Gasteiger partial charge in [0.1, 0.15) is 5.60 Å². The standard InChI is InChI=1S/C20H25NO3/c1-12(2)14-8-7-13(3)18-16(9-14)15(10-17(18)19(22)23)11-21-24-20(4,5)6/h7-12H,1-6H3,(H,22,23)/b21-11-. The van der Waals surface area contributed by atoms with Gasteiger partial charge in [0.05, 0.1) is 11.8 Å². The molecule has 0 fully saturated rings. The molecule has 0 aromatic heterocycles. The smallest absolute Gasteiger partial charge is 0.336 e.